The number of aliphatic hydroxyl groups is 1. The Morgan fingerprint density at radius 3 is 2.60 bits per heavy atom. The molecule has 1 aliphatic carbocycles. The minimum atomic E-state index is -4.97. The second kappa shape index (κ2) is 15.2. The monoisotopic (exact) mass is 740 g/mol. The summed E-state index contributed by atoms with van der Waals surface area (Å²) in [7, 11) is -4.97. The number of ether oxygens (including phenoxy) is 1. The number of amides is 2. The molecule has 1 saturated carbocycles. The lowest BCUT2D eigenvalue weighted by Crippen LogP contribution is -2.76. The van der Waals surface area contributed by atoms with Crippen molar-refractivity contribution in [1.29, 1.82) is 0 Å². The Labute approximate surface area is 291 Å². The predicted octanol–water partition coefficient (Wildman–Crippen LogP) is -0.283. The second-order valence-electron chi connectivity index (χ2n) is 12.6. The van der Waals surface area contributed by atoms with Gasteiger partial charge in [0, 0.05) is 23.1 Å². The van der Waals surface area contributed by atoms with Crippen LogP contribution < -0.4 is 27.3 Å². The summed E-state index contributed by atoms with van der Waals surface area (Å²) in [5.74, 6) is -0.681. The zero-order valence-corrected chi connectivity index (χ0v) is 29.0. The number of hydroxylamine groups is 2. The van der Waals surface area contributed by atoms with E-state index < -0.39 is 46.0 Å². The van der Waals surface area contributed by atoms with Crippen LogP contribution in [0.5, 0.6) is 5.75 Å². The van der Waals surface area contributed by atoms with E-state index >= 15 is 0 Å². The third kappa shape index (κ3) is 8.84. The van der Waals surface area contributed by atoms with Gasteiger partial charge in [-0.3, -0.25) is 23.9 Å². The number of aromatic nitrogens is 1. The van der Waals surface area contributed by atoms with E-state index in [1.54, 1.807) is 6.92 Å². The first-order chi connectivity index (χ1) is 23.4. The number of aliphatic imine (C=N–C) groups is 1. The third-order valence-electron chi connectivity index (χ3n) is 8.48. The molecule has 2 amide bonds. The molecule has 0 radical (unpaired) electrons. The number of fused-ring (bicyclic) bond motifs is 1. The van der Waals surface area contributed by atoms with Crippen molar-refractivity contribution in [3.63, 3.8) is 0 Å². The molecule has 1 aromatic carbocycles. The minimum absolute atomic E-state index is 0.0175. The highest BCUT2D eigenvalue weighted by molar-refractivity contribution is 7.80. The number of aliphatic hydroxyl groups excluding tert-OH is 1. The van der Waals surface area contributed by atoms with Crippen molar-refractivity contribution < 1.29 is 51.4 Å². The number of nitrogens with one attached hydrogen (secondary N) is 1. The summed E-state index contributed by atoms with van der Waals surface area (Å²) < 4.78 is 41.8. The molecule has 19 nitrogen and oxygen atoms in total. The van der Waals surface area contributed by atoms with Gasteiger partial charge in [-0.1, -0.05) is 5.16 Å². The van der Waals surface area contributed by atoms with E-state index in [0.29, 0.717) is 48.8 Å². The molecule has 2 fully saturated rings. The SMILES string of the molecule is CC(O/N=C(\C(=O)NC1C(=O)N(OS(=O)(=O)O)C1(C)C)c1csc(N)n1)C1CCc2cc(C(N)=NC3CC(N)(CCO)C3)ccc2O1.O=CO. The molecule has 0 spiro atoms. The van der Waals surface area contributed by atoms with Gasteiger partial charge in [-0.15, -0.1) is 15.6 Å². The Bertz CT molecular complexity index is 1760. The third-order valence-corrected chi connectivity index (χ3v) is 9.49. The number of rotatable bonds is 12. The number of nitrogens with zero attached hydrogens (tertiary/aromatic N) is 4. The Morgan fingerprint density at radius 2 is 2.02 bits per heavy atom. The summed E-state index contributed by atoms with van der Waals surface area (Å²) in [6.07, 6.45) is 2.06. The topological polar surface area (TPSA) is 305 Å². The van der Waals surface area contributed by atoms with E-state index in [1.807, 2.05) is 18.2 Å². The number of nitrogen functional groups attached to an aromatic ring is 1. The number of oxime groups is 1. The van der Waals surface area contributed by atoms with Gasteiger partial charge in [-0.25, -0.2) is 4.98 Å². The lowest BCUT2D eigenvalue weighted by atomic mass is 9.72. The molecule has 5 rings (SSSR count). The lowest BCUT2D eigenvalue weighted by molar-refractivity contribution is -0.218. The zero-order valence-electron chi connectivity index (χ0n) is 27.4. The zero-order chi connectivity index (χ0) is 37.0. The summed E-state index contributed by atoms with van der Waals surface area (Å²) in [5, 5.41) is 24.7. The van der Waals surface area contributed by atoms with Crippen molar-refractivity contribution in [2.75, 3.05) is 12.3 Å². The maximum Gasteiger partial charge on any atom is 0.418 e. The normalized spacial score (nSPS) is 25.0. The fourth-order valence-corrected chi connectivity index (χ4v) is 6.79. The predicted molar refractivity (Wildman–Crippen MR) is 179 cm³/mol. The van der Waals surface area contributed by atoms with Crippen LogP contribution in [-0.2, 0) is 40.3 Å². The van der Waals surface area contributed by atoms with Gasteiger partial charge < -0.3 is 42.3 Å². The Morgan fingerprint density at radius 1 is 1.34 bits per heavy atom. The number of carboxylic acid groups (broad SMARTS) is 1. The van der Waals surface area contributed by atoms with Gasteiger partial charge >= 0.3 is 10.4 Å². The molecule has 2 aliphatic heterocycles. The van der Waals surface area contributed by atoms with E-state index in [-0.39, 0.29) is 41.2 Å². The molecule has 3 aliphatic rings. The number of nitrogens with two attached hydrogens (primary N) is 3. The molecule has 50 heavy (non-hydrogen) atoms. The first-order valence-corrected chi connectivity index (χ1v) is 17.5. The Balaban J connectivity index is 0.00000181. The van der Waals surface area contributed by atoms with Gasteiger partial charge in [-0.05, 0) is 76.6 Å². The van der Waals surface area contributed by atoms with Gasteiger partial charge in [0.1, 0.15) is 29.4 Å². The van der Waals surface area contributed by atoms with Crippen LogP contribution in [0.3, 0.4) is 0 Å². The number of carbonyl (C=O) groups is 3. The highest BCUT2D eigenvalue weighted by atomic mass is 32.3. The maximum absolute atomic E-state index is 13.3. The van der Waals surface area contributed by atoms with Gasteiger partial charge in [0.25, 0.3) is 18.3 Å². The second-order valence-corrected chi connectivity index (χ2v) is 14.4. The van der Waals surface area contributed by atoms with Gasteiger partial charge in [-0.2, -0.15) is 13.5 Å². The molecule has 274 valence electrons. The van der Waals surface area contributed by atoms with Crippen LogP contribution in [0.15, 0.2) is 33.7 Å². The Hall–Kier alpha value is -4.41. The molecular weight excluding hydrogens is 700 g/mol. The van der Waals surface area contributed by atoms with Crippen molar-refractivity contribution in [2.24, 2.45) is 21.6 Å². The number of aryl methyl sites for hydroxylation is 1. The van der Waals surface area contributed by atoms with Crippen LogP contribution in [0.4, 0.5) is 5.13 Å². The average Bonchev–Trinajstić information content (AvgIpc) is 3.46. The van der Waals surface area contributed by atoms with Crippen molar-refractivity contribution in [1.82, 2.24) is 15.4 Å². The van der Waals surface area contributed by atoms with Crippen LogP contribution in [0.25, 0.3) is 0 Å². The molecule has 21 heteroatoms. The molecular formula is C29H40N8O11S2. The Kier molecular flexibility index (Phi) is 11.7. The first kappa shape index (κ1) is 38.4. The summed E-state index contributed by atoms with van der Waals surface area (Å²) in [6, 6.07) is 4.39. The summed E-state index contributed by atoms with van der Waals surface area (Å²) in [6.45, 7) is 4.39. The molecule has 0 bridgehead atoms. The van der Waals surface area contributed by atoms with E-state index in [9.17, 15) is 23.1 Å². The van der Waals surface area contributed by atoms with Crippen LogP contribution >= 0.6 is 11.3 Å². The number of amidine groups is 1. The van der Waals surface area contributed by atoms with E-state index in [2.05, 4.69) is 24.7 Å². The van der Waals surface area contributed by atoms with Crippen LogP contribution in [0, 0.1) is 0 Å². The summed E-state index contributed by atoms with van der Waals surface area (Å²) in [4.78, 5) is 48.7. The number of benzene rings is 1. The van der Waals surface area contributed by atoms with Gasteiger partial charge in [0.2, 0.25) is 0 Å². The maximum atomic E-state index is 13.3. The van der Waals surface area contributed by atoms with E-state index in [1.165, 1.54) is 19.2 Å². The highest BCUT2D eigenvalue weighted by Crippen LogP contribution is 2.36. The largest absolute Gasteiger partial charge is 0.486 e. The smallest absolute Gasteiger partial charge is 0.418 e. The number of anilines is 1. The lowest BCUT2D eigenvalue weighted by Gasteiger charge is -2.50. The van der Waals surface area contributed by atoms with Crippen LogP contribution in [0.2, 0.25) is 0 Å². The number of β-lactam (4-membered cyclic amide) rings is 1. The number of carbonyl (C=O) groups excluding carboxylic acids is 2. The average molecular weight is 741 g/mol. The number of thiazole rings is 1. The van der Waals surface area contributed by atoms with Crippen molar-refractivity contribution in [3.05, 3.63) is 40.4 Å². The first-order valence-electron chi connectivity index (χ1n) is 15.3. The molecule has 3 atom stereocenters. The van der Waals surface area contributed by atoms with Gasteiger partial charge in [0.05, 0.1) is 11.6 Å². The fourth-order valence-electron chi connectivity index (χ4n) is 5.79. The molecule has 2 aromatic rings. The van der Waals surface area contributed by atoms with E-state index in [0.717, 1.165) is 22.5 Å². The van der Waals surface area contributed by atoms with Crippen LogP contribution in [-0.4, -0.2) is 105 Å². The number of hydrogen-bond acceptors (Lipinski definition) is 15. The fraction of sp³-hybridized carbons (Fsp3) is 0.517. The van der Waals surface area contributed by atoms with Crippen molar-refractivity contribution in [2.45, 2.75) is 88.2 Å². The van der Waals surface area contributed by atoms with E-state index in [4.69, 9.17) is 41.2 Å². The quantitative estimate of drug-likeness (QED) is 0.0367. The van der Waals surface area contributed by atoms with Crippen molar-refractivity contribution in [3.8, 4) is 5.75 Å². The molecule has 10 N–H and O–H groups in total. The molecule has 1 aromatic heterocycles. The molecule has 3 heterocycles. The highest BCUT2D eigenvalue weighted by Gasteiger charge is 2.58. The molecule has 3 unspecified atom stereocenters. The van der Waals surface area contributed by atoms with Crippen LogP contribution in [0.1, 0.15) is 63.3 Å². The standard InChI is InChI=1S/C28H38N8O9S2.CH2O2/c1-14(19-6-4-15-10-16(5-7-20(15)43-19)23(29)32-17-11-28(31,12-17)8-9-37)44-35-21(18-13-46-26(30)33-18)24(38)34-22-25(39)36(27(22,2)3)45-47(40,41)42;2-1-3/h5,7,10,13-14,17,19,22,37H,4,6,8-9,11-12,31H2,1-3H3,(H2,29,32)(H2,30,33)(H,34,38)(H,40,41,42);1H,(H,2,3)/b35-21-;. The molecule has 1 saturated heterocycles. The summed E-state index contributed by atoms with van der Waals surface area (Å²) in [5.41, 5.74) is 18.1. The minimum Gasteiger partial charge on any atom is -0.486 e. The van der Waals surface area contributed by atoms with Crippen molar-refractivity contribution >= 4 is 56.7 Å². The number of hydrogen-bond donors (Lipinski definition) is 7. The van der Waals surface area contributed by atoms with Gasteiger partial charge in [0.15, 0.2) is 16.9 Å². The summed E-state index contributed by atoms with van der Waals surface area (Å²) >= 11 is 1.07.